The molecule has 1 unspecified atom stereocenters. The average Bonchev–Trinajstić information content (AvgIpc) is 2.81. The van der Waals surface area contributed by atoms with Crippen molar-refractivity contribution in [2.24, 2.45) is 0 Å². The first kappa shape index (κ1) is 15.1. The smallest absolute Gasteiger partial charge is 0.134 e. The van der Waals surface area contributed by atoms with Crippen LogP contribution >= 0.6 is 0 Å². The third kappa shape index (κ3) is 3.62. The highest BCUT2D eigenvalue weighted by Crippen LogP contribution is 2.27. The molecule has 110 valence electrons. The van der Waals surface area contributed by atoms with Gasteiger partial charge in [0, 0.05) is 37.1 Å². The van der Waals surface area contributed by atoms with Gasteiger partial charge in [-0.1, -0.05) is 31.5 Å². The van der Waals surface area contributed by atoms with Crippen LogP contribution in [0, 0.1) is 0 Å². The van der Waals surface area contributed by atoms with E-state index in [0.29, 0.717) is 6.04 Å². The third-order valence-electron chi connectivity index (χ3n) is 3.58. The minimum absolute atomic E-state index is 0.340. The van der Waals surface area contributed by atoms with Crippen LogP contribution in [0.2, 0.25) is 0 Å². The van der Waals surface area contributed by atoms with E-state index in [1.54, 1.807) is 7.11 Å². The number of aryl methyl sites for hydroxylation is 1. The number of unbranched alkanes of at least 4 members (excludes halogenated alkanes) is 1. The summed E-state index contributed by atoms with van der Waals surface area (Å²) >= 11 is 0. The molecule has 3 nitrogen and oxygen atoms in total. The van der Waals surface area contributed by atoms with E-state index >= 15 is 0 Å². The Labute approximate surface area is 121 Å². The first-order chi connectivity index (χ1) is 9.76. The lowest BCUT2D eigenvalue weighted by molar-refractivity contribution is 0.171. The van der Waals surface area contributed by atoms with Crippen LogP contribution in [0.1, 0.15) is 38.0 Å². The molecule has 1 aromatic heterocycles. The zero-order chi connectivity index (χ0) is 14.4. The van der Waals surface area contributed by atoms with Gasteiger partial charge in [-0.2, -0.15) is 0 Å². The van der Waals surface area contributed by atoms with Gasteiger partial charge in [0.15, 0.2) is 0 Å². The van der Waals surface area contributed by atoms with Crippen molar-refractivity contribution in [2.75, 3.05) is 13.7 Å². The SMILES string of the molecule is CCCCc1oc2ccccc2c1CNC(C)COC. The summed E-state index contributed by atoms with van der Waals surface area (Å²) in [5.74, 6) is 1.13. The lowest BCUT2D eigenvalue weighted by Crippen LogP contribution is -2.29. The molecule has 1 aromatic carbocycles. The van der Waals surface area contributed by atoms with Gasteiger partial charge in [0.1, 0.15) is 11.3 Å². The highest BCUT2D eigenvalue weighted by Gasteiger charge is 2.14. The summed E-state index contributed by atoms with van der Waals surface area (Å²) in [7, 11) is 1.73. The Bertz CT molecular complexity index is 533. The van der Waals surface area contributed by atoms with E-state index in [0.717, 1.165) is 30.9 Å². The average molecular weight is 275 g/mol. The van der Waals surface area contributed by atoms with Crippen LogP contribution in [-0.4, -0.2) is 19.8 Å². The van der Waals surface area contributed by atoms with Crippen LogP contribution in [0.4, 0.5) is 0 Å². The molecule has 0 aliphatic rings. The molecule has 0 amide bonds. The van der Waals surface area contributed by atoms with E-state index in [4.69, 9.17) is 9.15 Å². The molecule has 2 aromatic rings. The Morgan fingerprint density at radius 1 is 1.30 bits per heavy atom. The van der Waals surface area contributed by atoms with Crippen molar-refractivity contribution in [3.63, 3.8) is 0 Å². The molecule has 1 atom stereocenters. The van der Waals surface area contributed by atoms with Gasteiger partial charge in [-0.05, 0) is 19.4 Å². The van der Waals surface area contributed by atoms with Gasteiger partial charge in [0.25, 0.3) is 0 Å². The van der Waals surface area contributed by atoms with Gasteiger partial charge in [-0.25, -0.2) is 0 Å². The second kappa shape index (κ2) is 7.46. The van der Waals surface area contributed by atoms with Crippen molar-refractivity contribution in [1.82, 2.24) is 5.32 Å². The molecule has 2 rings (SSSR count). The summed E-state index contributed by atoms with van der Waals surface area (Å²) in [5.41, 5.74) is 2.30. The Hall–Kier alpha value is -1.32. The first-order valence-corrected chi connectivity index (χ1v) is 7.47. The molecule has 0 spiro atoms. The second-order valence-electron chi connectivity index (χ2n) is 5.34. The van der Waals surface area contributed by atoms with Gasteiger partial charge in [0.2, 0.25) is 0 Å². The molecule has 0 fully saturated rings. The number of hydrogen-bond donors (Lipinski definition) is 1. The Kier molecular flexibility index (Phi) is 5.62. The van der Waals surface area contributed by atoms with E-state index < -0.39 is 0 Å². The van der Waals surface area contributed by atoms with Crippen LogP contribution in [0.15, 0.2) is 28.7 Å². The molecule has 20 heavy (non-hydrogen) atoms. The molecule has 0 bridgehead atoms. The van der Waals surface area contributed by atoms with Gasteiger partial charge in [0.05, 0.1) is 6.61 Å². The number of para-hydroxylation sites is 1. The van der Waals surface area contributed by atoms with E-state index in [9.17, 15) is 0 Å². The zero-order valence-electron chi connectivity index (χ0n) is 12.7. The van der Waals surface area contributed by atoms with Gasteiger partial charge in [-0.3, -0.25) is 0 Å². The van der Waals surface area contributed by atoms with Crippen LogP contribution in [0.5, 0.6) is 0 Å². The van der Waals surface area contributed by atoms with Gasteiger partial charge >= 0.3 is 0 Å². The molecule has 0 saturated carbocycles. The Morgan fingerprint density at radius 2 is 2.10 bits per heavy atom. The number of ether oxygens (including phenoxy) is 1. The first-order valence-electron chi connectivity index (χ1n) is 7.47. The number of fused-ring (bicyclic) bond motifs is 1. The third-order valence-corrected chi connectivity index (χ3v) is 3.58. The van der Waals surface area contributed by atoms with Crippen molar-refractivity contribution < 1.29 is 9.15 Å². The minimum Gasteiger partial charge on any atom is -0.461 e. The predicted octanol–water partition coefficient (Wildman–Crippen LogP) is 3.90. The van der Waals surface area contributed by atoms with Crippen molar-refractivity contribution in [3.8, 4) is 0 Å². The van der Waals surface area contributed by atoms with E-state index in [2.05, 4.69) is 31.3 Å². The standard InChI is InChI=1S/C17H25NO2/c1-4-5-9-17-15(11-18-13(2)12-19-3)14-8-6-7-10-16(14)20-17/h6-8,10,13,18H,4-5,9,11-12H2,1-3H3. The molecular formula is C17H25NO2. The quantitative estimate of drug-likeness (QED) is 0.793. The van der Waals surface area contributed by atoms with E-state index in [-0.39, 0.29) is 0 Å². The number of methoxy groups -OCH3 is 1. The number of nitrogens with one attached hydrogen (secondary N) is 1. The van der Waals surface area contributed by atoms with Crippen LogP contribution < -0.4 is 5.32 Å². The molecule has 1 heterocycles. The molecule has 0 aliphatic carbocycles. The molecular weight excluding hydrogens is 250 g/mol. The predicted molar refractivity (Wildman–Crippen MR) is 83.0 cm³/mol. The monoisotopic (exact) mass is 275 g/mol. The van der Waals surface area contributed by atoms with Crippen molar-refractivity contribution in [2.45, 2.75) is 45.7 Å². The summed E-state index contributed by atoms with van der Waals surface area (Å²) in [6, 6.07) is 8.63. The summed E-state index contributed by atoms with van der Waals surface area (Å²) < 4.78 is 11.2. The molecule has 0 radical (unpaired) electrons. The van der Waals surface area contributed by atoms with Gasteiger partial charge < -0.3 is 14.5 Å². The number of rotatable bonds is 8. The van der Waals surface area contributed by atoms with Crippen molar-refractivity contribution >= 4 is 11.0 Å². The minimum atomic E-state index is 0.340. The van der Waals surface area contributed by atoms with Crippen molar-refractivity contribution in [1.29, 1.82) is 0 Å². The number of benzene rings is 1. The maximum absolute atomic E-state index is 6.02. The Balaban J connectivity index is 2.19. The summed E-state index contributed by atoms with van der Waals surface area (Å²) in [6.07, 6.45) is 3.37. The largest absolute Gasteiger partial charge is 0.461 e. The fourth-order valence-corrected chi connectivity index (χ4v) is 2.47. The van der Waals surface area contributed by atoms with E-state index in [1.807, 2.05) is 12.1 Å². The Morgan fingerprint density at radius 3 is 2.85 bits per heavy atom. The topological polar surface area (TPSA) is 34.4 Å². The second-order valence-corrected chi connectivity index (χ2v) is 5.34. The molecule has 3 heteroatoms. The van der Waals surface area contributed by atoms with Crippen LogP contribution in [0.3, 0.4) is 0 Å². The number of furan rings is 1. The maximum atomic E-state index is 6.02. The maximum Gasteiger partial charge on any atom is 0.134 e. The normalized spacial score (nSPS) is 12.9. The molecule has 0 saturated heterocycles. The van der Waals surface area contributed by atoms with Crippen LogP contribution in [-0.2, 0) is 17.7 Å². The van der Waals surface area contributed by atoms with Gasteiger partial charge in [-0.15, -0.1) is 0 Å². The summed E-state index contributed by atoms with van der Waals surface area (Å²) in [4.78, 5) is 0. The zero-order valence-corrected chi connectivity index (χ0v) is 12.7. The fourth-order valence-electron chi connectivity index (χ4n) is 2.47. The van der Waals surface area contributed by atoms with Crippen molar-refractivity contribution in [3.05, 3.63) is 35.6 Å². The number of hydrogen-bond acceptors (Lipinski definition) is 3. The lowest BCUT2D eigenvalue weighted by Gasteiger charge is -2.12. The molecule has 1 N–H and O–H groups in total. The van der Waals surface area contributed by atoms with E-state index in [1.165, 1.54) is 23.8 Å². The highest BCUT2D eigenvalue weighted by atomic mass is 16.5. The summed E-state index contributed by atoms with van der Waals surface area (Å²) in [6.45, 7) is 5.90. The summed E-state index contributed by atoms with van der Waals surface area (Å²) in [5, 5.41) is 4.74. The lowest BCUT2D eigenvalue weighted by atomic mass is 10.1. The fraction of sp³-hybridized carbons (Fsp3) is 0.529. The van der Waals surface area contributed by atoms with Crippen LogP contribution in [0.25, 0.3) is 11.0 Å². The molecule has 0 aliphatic heterocycles. The highest BCUT2D eigenvalue weighted by molar-refractivity contribution is 5.82.